The molecule has 0 aromatic carbocycles. The molecule has 1 aromatic rings. The normalized spacial score (nSPS) is 10.1. The molecule has 0 amide bonds. The van der Waals surface area contributed by atoms with Crippen molar-refractivity contribution in [2.75, 3.05) is 6.61 Å². The zero-order chi connectivity index (χ0) is 8.97. The maximum Gasteiger partial charge on any atom is 0.433 e. The highest BCUT2D eigenvalue weighted by Gasteiger charge is 2.10. The van der Waals surface area contributed by atoms with Crippen molar-refractivity contribution < 1.29 is 14.2 Å². The lowest BCUT2D eigenvalue weighted by Gasteiger charge is -1.91. The average Bonchev–Trinajstić information content (AvgIpc) is 2.48. The fraction of sp³-hybridized carbons (Fsp3) is 0.333. The van der Waals surface area contributed by atoms with E-state index in [-0.39, 0.29) is 12.5 Å². The van der Waals surface area contributed by atoms with Crippen LogP contribution in [0.25, 0.3) is 0 Å². The highest BCUT2D eigenvalue weighted by molar-refractivity contribution is 5.17. The average molecular weight is 172 g/mol. The molecular formula is C6H8N2O4. The van der Waals surface area contributed by atoms with E-state index in [1.165, 1.54) is 12.1 Å². The molecular weight excluding hydrogens is 164 g/mol. The first kappa shape index (κ1) is 8.69. The maximum absolute atomic E-state index is 10.1. The quantitative estimate of drug-likeness (QED) is 0.530. The summed E-state index contributed by atoms with van der Waals surface area (Å²) in [6.07, 6.45) is 0.435. The molecule has 0 bridgehead atoms. The first-order chi connectivity index (χ1) is 5.74. The topological polar surface area (TPSA) is 91.5 Å². The third-order valence-electron chi connectivity index (χ3n) is 1.29. The van der Waals surface area contributed by atoms with E-state index in [4.69, 9.17) is 10.3 Å². The summed E-state index contributed by atoms with van der Waals surface area (Å²) in [5.74, 6) is 5.00. The molecule has 1 rings (SSSR count). The minimum absolute atomic E-state index is 0.262. The molecule has 0 fully saturated rings. The van der Waals surface area contributed by atoms with E-state index in [0.29, 0.717) is 12.2 Å². The number of nitrogens with zero attached hydrogens (tertiary/aromatic N) is 1. The first-order valence-electron chi connectivity index (χ1n) is 3.29. The van der Waals surface area contributed by atoms with Gasteiger partial charge >= 0.3 is 5.88 Å². The van der Waals surface area contributed by atoms with E-state index < -0.39 is 4.92 Å². The Morgan fingerprint density at radius 2 is 2.42 bits per heavy atom. The van der Waals surface area contributed by atoms with Crippen LogP contribution in [0.4, 0.5) is 5.88 Å². The van der Waals surface area contributed by atoms with Crippen LogP contribution >= 0.6 is 0 Å². The molecule has 12 heavy (non-hydrogen) atoms. The van der Waals surface area contributed by atoms with Crippen molar-refractivity contribution in [3.05, 3.63) is 28.0 Å². The number of rotatable bonds is 4. The van der Waals surface area contributed by atoms with Crippen molar-refractivity contribution in [2.45, 2.75) is 6.42 Å². The Morgan fingerprint density at radius 1 is 1.67 bits per heavy atom. The van der Waals surface area contributed by atoms with Gasteiger partial charge in [0.05, 0.1) is 12.7 Å². The molecule has 0 aliphatic heterocycles. The third kappa shape index (κ3) is 2.04. The molecule has 0 unspecified atom stereocenters. The van der Waals surface area contributed by atoms with E-state index >= 15 is 0 Å². The Bertz CT molecular complexity index is 270. The SMILES string of the molecule is NOCCc1ccc([N+](=O)[O-])o1. The van der Waals surface area contributed by atoms with Crippen LogP contribution < -0.4 is 5.90 Å². The minimum atomic E-state index is -0.590. The van der Waals surface area contributed by atoms with Crippen molar-refractivity contribution in [1.29, 1.82) is 0 Å². The Balaban J connectivity index is 2.58. The molecule has 1 aromatic heterocycles. The third-order valence-corrected chi connectivity index (χ3v) is 1.29. The molecule has 0 saturated carbocycles. The Morgan fingerprint density at radius 3 is 2.92 bits per heavy atom. The molecule has 0 aliphatic rings. The van der Waals surface area contributed by atoms with Gasteiger partial charge in [-0.3, -0.25) is 10.1 Å². The van der Waals surface area contributed by atoms with Crippen molar-refractivity contribution in [3.8, 4) is 0 Å². The van der Waals surface area contributed by atoms with Gasteiger partial charge in [-0.25, -0.2) is 5.90 Å². The number of nitro groups is 1. The molecule has 1 heterocycles. The Hall–Kier alpha value is -1.40. The van der Waals surface area contributed by atoms with Gasteiger partial charge in [-0.15, -0.1) is 0 Å². The van der Waals surface area contributed by atoms with Gasteiger partial charge in [0.15, 0.2) is 0 Å². The Labute approximate surface area is 68.0 Å². The van der Waals surface area contributed by atoms with Crippen LogP contribution in [0.15, 0.2) is 16.5 Å². The summed E-state index contributed by atoms with van der Waals surface area (Å²) in [7, 11) is 0. The predicted molar refractivity (Wildman–Crippen MR) is 39.2 cm³/mol. The zero-order valence-corrected chi connectivity index (χ0v) is 6.23. The van der Waals surface area contributed by atoms with E-state index in [9.17, 15) is 10.1 Å². The minimum Gasteiger partial charge on any atom is -0.406 e. The van der Waals surface area contributed by atoms with Gasteiger partial charge in [-0.1, -0.05) is 0 Å². The van der Waals surface area contributed by atoms with Gasteiger partial charge in [0, 0.05) is 6.42 Å². The van der Waals surface area contributed by atoms with Gasteiger partial charge in [0.25, 0.3) is 0 Å². The summed E-state index contributed by atoms with van der Waals surface area (Å²) in [6.45, 7) is 0.282. The van der Waals surface area contributed by atoms with Gasteiger partial charge in [0.1, 0.15) is 10.7 Å². The highest BCUT2D eigenvalue weighted by atomic mass is 16.6. The van der Waals surface area contributed by atoms with Crippen molar-refractivity contribution in [3.63, 3.8) is 0 Å². The molecule has 0 spiro atoms. The van der Waals surface area contributed by atoms with E-state index in [2.05, 4.69) is 4.84 Å². The van der Waals surface area contributed by atoms with E-state index in [1.807, 2.05) is 0 Å². The summed E-state index contributed by atoms with van der Waals surface area (Å²) in [6, 6.07) is 2.82. The second kappa shape index (κ2) is 3.84. The van der Waals surface area contributed by atoms with Gasteiger partial charge in [0.2, 0.25) is 0 Å². The smallest absolute Gasteiger partial charge is 0.406 e. The Kier molecular flexibility index (Phi) is 2.78. The van der Waals surface area contributed by atoms with Crippen molar-refractivity contribution >= 4 is 5.88 Å². The van der Waals surface area contributed by atoms with Crippen molar-refractivity contribution in [2.24, 2.45) is 5.90 Å². The molecule has 2 N–H and O–H groups in total. The molecule has 6 nitrogen and oxygen atoms in total. The largest absolute Gasteiger partial charge is 0.433 e. The van der Waals surface area contributed by atoms with Crippen LogP contribution in [0.5, 0.6) is 0 Å². The van der Waals surface area contributed by atoms with Gasteiger partial charge in [-0.05, 0) is 6.07 Å². The number of hydrogen-bond donors (Lipinski definition) is 1. The summed E-state index contributed by atoms with van der Waals surface area (Å²) in [5.41, 5.74) is 0. The summed E-state index contributed by atoms with van der Waals surface area (Å²) in [5, 5.41) is 10.1. The van der Waals surface area contributed by atoms with Crippen molar-refractivity contribution in [1.82, 2.24) is 0 Å². The first-order valence-corrected chi connectivity index (χ1v) is 3.29. The van der Waals surface area contributed by atoms with Gasteiger partial charge < -0.3 is 9.25 Å². The number of nitrogens with two attached hydrogens (primary N) is 1. The maximum atomic E-state index is 10.1. The summed E-state index contributed by atoms with van der Waals surface area (Å²) in [4.78, 5) is 13.8. The second-order valence-corrected chi connectivity index (χ2v) is 2.12. The molecule has 0 radical (unpaired) electrons. The van der Waals surface area contributed by atoms with Gasteiger partial charge in [-0.2, -0.15) is 0 Å². The van der Waals surface area contributed by atoms with Crippen LogP contribution in [0.3, 0.4) is 0 Å². The van der Waals surface area contributed by atoms with E-state index in [0.717, 1.165) is 0 Å². The monoisotopic (exact) mass is 172 g/mol. The number of hydrogen-bond acceptors (Lipinski definition) is 5. The second-order valence-electron chi connectivity index (χ2n) is 2.12. The van der Waals surface area contributed by atoms with E-state index in [1.54, 1.807) is 0 Å². The fourth-order valence-corrected chi connectivity index (χ4v) is 0.759. The zero-order valence-electron chi connectivity index (χ0n) is 6.23. The molecule has 0 aliphatic carbocycles. The lowest BCUT2D eigenvalue weighted by atomic mass is 10.3. The standard InChI is InChI=1S/C6H8N2O4/c7-11-4-3-5-1-2-6(12-5)8(9)10/h1-2H,3-4,7H2. The highest BCUT2D eigenvalue weighted by Crippen LogP contribution is 2.15. The fourth-order valence-electron chi connectivity index (χ4n) is 0.759. The summed E-state index contributed by atoms with van der Waals surface area (Å²) < 4.78 is 4.81. The molecule has 0 saturated heterocycles. The molecule has 6 heteroatoms. The van der Waals surface area contributed by atoms with Crippen LogP contribution in [0.2, 0.25) is 0 Å². The lowest BCUT2D eigenvalue weighted by Crippen LogP contribution is -2.02. The van der Waals surface area contributed by atoms with Crippen LogP contribution in [0.1, 0.15) is 5.76 Å². The summed E-state index contributed by atoms with van der Waals surface area (Å²) >= 11 is 0. The number of furan rings is 1. The lowest BCUT2D eigenvalue weighted by molar-refractivity contribution is -0.402. The van der Waals surface area contributed by atoms with Crippen LogP contribution in [-0.2, 0) is 11.3 Å². The van der Waals surface area contributed by atoms with Crippen LogP contribution in [-0.4, -0.2) is 11.5 Å². The predicted octanol–water partition coefficient (Wildman–Crippen LogP) is 0.621. The molecule has 66 valence electrons. The van der Waals surface area contributed by atoms with Crippen LogP contribution in [0, 0.1) is 10.1 Å². The molecule has 0 atom stereocenters.